The molecule has 0 aliphatic carbocycles. The summed E-state index contributed by atoms with van der Waals surface area (Å²) in [4.78, 5) is 10.3. The molecule has 2 aromatic heterocycles. The molecule has 0 radical (unpaired) electrons. The maximum absolute atomic E-state index is 10.7. The van der Waals surface area contributed by atoms with E-state index in [1.807, 2.05) is 24.4 Å². The Labute approximate surface area is 270 Å². The van der Waals surface area contributed by atoms with E-state index in [1.54, 1.807) is 6.07 Å². The monoisotopic (exact) mass is 599 g/mol. The van der Waals surface area contributed by atoms with Gasteiger partial charge in [0.15, 0.2) is 0 Å². The minimum absolute atomic E-state index is 0.318. The van der Waals surface area contributed by atoms with Crippen LogP contribution in [0.15, 0.2) is 97.3 Å². The first-order chi connectivity index (χ1) is 21.2. The SMILES string of the molecule is CC(C)c1cccc(C(C)C)c1-n1ccnc1C(C)(C)c1cccc(C(C)(C)c2cccc(C(C)(C)c3ccccc3O)c2)n1. The van der Waals surface area contributed by atoms with Gasteiger partial charge in [-0.3, -0.25) is 4.98 Å². The average Bonchev–Trinajstić information content (AvgIpc) is 3.52. The summed E-state index contributed by atoms with van der Waals surface area (Å²) in [7, 11) is 0. The molecule has 5 aromatic rings. The smallest absolute Gasteiger partial charge is 0.124 e. The van der Waals surface area contributed by atoms with Crippen LogP contribution in [0.3, 0.4) is 0 Å². The molecule has 0 aliphatic rings. The molecule has 45 heavy (non-hydrogen) atoms. The lowest BCUT2D eigenvalue weighted by atomic mass is 9.74. The summed E-state index contributed by atoms with van der Waals surface area (Å²) in [5.41, 5.74) is 7.94. The van der Waals surface area contributed by atoms with Crippen LogP contribution in [0.25, 0.3) is 5.69 Å². The largest absolute Gasteiger partial charge is 0.508 e. The fraction of sp³-hybridized carbons (Fsp3) is 0.366. The Morgan fingerprint density at radius 3 is 1.76 bits per heavy atom. The second kappa shape index (κ2) is 12.0. The van der Waals surface area contributed by atoms with E-state index in [0.29, 0.717) is 17.6 Å². The second-order valence-electron chi connectivity index (χ2n) is 14.6. The summed E-state index contributed by atoms with van der Waals surface area (Å²) in [6.45, 7) is 22.3. The van der Waals surface area contributed by atoms with E-state index < -0.39 is 5.41 Å². The van der Waals surface area contributed by atoms with Crippen molar-refractivity contribution in [2.75, 3.05) is 0 Å². The molecule has 0 fully saturated rings. The van der Waals surface area contributed by atoms with Crippen molar-refractivity contribution in [3.63, 3.8) is 0 Å². The van der Waals surface area contributed by atoms with Gasteiger partial charge in [0, 0.05) is 28.8 Å². The highest BCUT2D eigenvalue weighted by Gasteiger charge is 2.34. The van der Waals surface area contributed by atoms with Crippen LogP contribution in [0.2, 0.25) is 0 Å². The number of phenolic OH excluding ortho intramolecular Hbond substituents is 1. The third-order valence-electron chi connectivity index (χ3n) is 9.70. The number of nitrogens with zero attached hydrogens (tertiary/aromatic N) is 3. The van der Waals surface area contributed by atoms with Crippen LogP contribution in [-0.4, -0.2) is 19.6 Å². The molecule has 0 unspecified atom stereocenters. The molecule has 1 N–H and O–H groups in total. The summed E-state index contributed by atoms with van der Waals surface area (Å²) in [6.07, 6.45) is 4.03. The first-order valence-corrected chi connectivity index (χ1v) is 16.2. The predicted octanol–water partition coefficient (Wildman–Crippen LogP) is 10.2. The fourth-order valence-corrected chi connectivity index (χ4v) is 6.58. The van der Waals surface area contributed by atoms with Crippen LogP contribution < -0.4 is 0 Å². The van der Waals surface area contributed by atoms with Gasteiger partial charge in [0.25, 0.3) is 0 Å². The molecule has 0 amide bonds. The number of rotatable bonds is 9. The number of hydrogen-bond acceptors (Lipinski definition) is 3. The van der Waals surface area contributed by atoms with Crippen molar-refractivity contribution in [3.05, 3.63) is 142 Å². The number of benzene rings is 3. The molecule has 0 spiro atoms. The molecule has 3 aromatic carbocycles. The topological polar surface area (TPSA) is 50.9 Å². The maximum atomic E-state index is 10.7. The molecule has 0 aliphatic heterocycles. The summed E-state index contributed by atoms with van der Waals surface area (Å²) in [5.74, 6) is 2.06. The number of pyridine rings is 1. The molecular weight excluding hydrogens is 550 g/mol. The van der Waals surface area contributed by atoms with Crippen molar-refractivity contribution in [3.8, 4) is 11.4 Å². The predicted molar refractivity (Wildman–Crippen MR) is 187 cm³/mol. The molecule has 4 heteroatoms. The van der Waals surface area contributed by atoms with Gasteiger partial charge in [-0.15, -0.1) is 0 Å². The van der Waals surface area contributed by atoms with E-state index in [1.165, 1.54) is 22.4 Å². The van der Waals surface area contributed by atoms with Gasteiger partial charge in [0.1, 0.15) is 11.6 Å². The summed E-state index contributed by atoms with van der Waals surface area (Å²) in [6, 6.07) is 29.4. The van der Waals surface area contributed by atoms with E-state index in [-0.39, 0.29) is 10.8 Å². The van der Waals surface area contributed by atoms with Crippen molar-refractivity contribution in [1.29, 1.82) is 0 Å². The fourth-order valence-electron chi connectivity index (χ4n) is 6.58. The molecule has 0 saturated heterocycles. The number of para-hydroxylation sites is 2. The van der Waals surface area contributed by atoms with Crippen LogP contribution >= 0.6 is 0 Å². The summed E-state index contributed by atoms with van der Waals surface area (Å²) < 4.78 is 2.30. The Bertz CT molecular complexity index is 1780. The third kappa shape index (κ3) is 5.83. The van der Waals surface area contributed by atoms with Gasteiger partial charge in [-0.2, -0.15) is 0 Å². The van der Waals surface area contributed by atoms with Crippen LogP contribution in [-0.2, 0) is 16.2 Å². The van der Waals surface area contributed by atoms with Crippen LogP contribution in [0.1, 0.15) is 126 Å². The molecule has 5 rings (SSSR count). The highest BCUT2D eigenvalue weighted by molar-refractivity contribution is 5.53. The highest BCUT2D eigenvalue weighted by Crippen LogP contribution is 2.41. The standard InChI is InChI=1S/C41H49N3O/c1-27(2)31-18-14-19-32(28(3)4)37(31)44-25-24-42-38(44)41(9,10)36-23-15-22-35(43-36)40(7,8)30-17-13-16-29(26-30)39(5,6)33-20-11-12-21-34(33)45/h11-28,45H,1-10H3. The zero-order chi connectivity index (χ0) is 32.7. The summed E-state index contributed by atoms with van der Waals surface area (Å²) in [5, 5.41) is 10.7. The third-order valence-corrected chi connectivity index (χ3v) is 9.70. The Morgan fingerprint density at radius 2 is 1.16 bits per heavy atom. The first kappa shape index (κ1) is 32.2. The van der Waals surface area contributed by atoms with Gasteiger partial charge in [-0.25, -0.2) is 4.98 Å². The molecule has 0 bridgehead atoms. The van der Waals surface area contributed by atoms with Crippen molar-refractivity contribution < 1.29 is 5.11 Å². The normalized spacial score (nSPS) is 12.7. The van der Waals surface area contributed by atoms with Crippen molar-refractivity contribution in [2.24, 2.45) is 0 Å². The van der Waals surface area contributed by atoms with E-state index in [9.17, 15) is 5.11 Å². The lowest BCUT2D eigenvalue weighted by molar-refractivity contribution is 0.453. The molecular formula is C41H49N3O. The molecule has 2 heterocycles. The Hall–Kier alpha value is -4.18. The van der Waals surface area contributed by atoms with Gasteiger partial charge in [0.05, 0.1) is 22.5 Å². The quantitative estimate of drug-likeness (QED) is 0.183. The van der Waals surface area contributed by atoms with Gasteiger partial charge in [-0.05, 0) is 66.1 Å². The lowest BCUT2D eigenvalue weighted by Crippen LogP contribution is -2.29. The van der Waals surface area contributed by atoms with Crippen molar-refractivity contribution >= 4 is 0 Å². The maximum Gasteiger partial charge on any atom is 0.124 e. The van der Waals surface area contributed by atoms with E-state index >= 15 is 0 Å². The van der Waals surface area contributed by atoms with Crippen LogP contribution in [0.5, 0.6) is 5.75 Å². The molecule has 0 atom stereocenters. The molecule has 0 saturated carbocycles. The number of aromatic hydroxyl groups is 1. The zero-order valence-electron chi connectivity index (χ0n) is 28.7. The Kier molecular flexibility index (Phi) is 8.57. The molecule has 4 nitrogen and oxygen atoms in total. The Balaban J connectivity index is 1.57. The minimum Gasteiger partial charge on any atom is -0.508 e. The number of hydrogen-bond donors (Lipinski definition) is 1. The highest BCUT2D eigenvalue weighted by atomic mass is 16.3. The second-order valence-corrected chi connectivity index (χ2v) is 14.6. The van der Waals surface area contributed by atoms with Gasteiger partial charge in [0.2, 0.25) is 0 Å². The van der Waals surface area contributed by atoms with E-state index in [0.717, 1.165) is 28.3 Å². The van der Waals surface area contributed by atoms with Crippen LogP contribution in [0, 0.1) is 0 Å². The average molecular weight is 600 g/mol. The minimum atomic E-state index is -0.456. The van der Waals surface area contributed by atoms with Gasteiger partial charge < -0.3 is 9.67 Å². The van der Waals surface area contributed by atoms with E-state index in [4.69, 9.17) is 9.97 Å². The number of aromatic nitrogens is 3. The van der Waals surface area contributed by atoms with Crippen molar-refractivity contribution in [2.45, 2.75) is 97.3 Å². The first-order valence-electron chi connectivity index (χ1n) is 16.2. The summed E-state index contributed by atoms with van der Waals surface area (Å²) >= 11 is 0. The van der Waals surface area contributed by atoms with Crippen molar-refractivity contribution in [1.82, 2.24) is 14.5 Å². The van der Waals surface area contributed by atoms with Crippen LogP contribution in [0.4, 0.5) is 0 Å². The zero-order valence-corrected chi connectivity index (χ0v) is 28.7. The number of phenols is 1. The van der Waals surface area contributed by atoms with Gasteiger partial charge >= 0.3 is 0 Å². The lowest BCUT2D eigenvalue weighted by Gasteiger charge is -2.32. The molecule has 234 valence electrons. The van der Waals surface area contributed by atoms with E-state index in [2.05, 4.69) is 141 Å². The Morgan fingerprint density at radius 1 is 0.622 bits per heavy atom. The number of imidazole rings is 1. The van der Waals surface area contributed by atoms with Gasteiger partial charge in [-0.1, -0.05) is 122 Å².